The summed E-state index contributed by atoms with van der Waals surface area (Å²) in [5.74, 6) is -0.413. The highest BCUT2D eigenvalue weighted by atomic mass is 16.6. The molecule has 1 saturated heterocycles. The van der Waals surface area contributed by atoms with Crippen molar-refractivity contribution in [2.75, 3.05) is 36.5 Å². The maximum absolute atomic E-state index is 12.7. The van der Waals surface area contributed by atoms with E-state index in [2.05, 4.69) is 15.2 Å². The fourth-order valence-corrected chi connectivity index (χ4v) is 3.24. The number of nitro benzene ring substituents is 1. The van der Waals surface area contributed by atoms with E-state index in [4.69, 9.17) is 4.74 Å². The molecule has 9 nitrogen and oxygen atoms in total. The first-order chi connectivity index (χ1) is 14.1. The largest absolute Gasteiger partial charge is 0.378 e. The van der Waals surface area contributed by atoms with Gasteiger partial charge < -0.3 is 19.5 Å². The normalized spacial score (nSPS) is 13.9. The number of aromatic nitrogens is 2. The number of anilines is 2. The molecule has 0 unspecified atom stereocenters. The summed E-state index contributed by atoms with van der Waals surface area (Å²) < 4.78 is 6.90. The molecule has 1 aliphatic rings. The molecule has 1 amide bonds. The highest BCUT2D eigenvalue weighted by Crippen LogP contribution is 2.25. The molecule has 4 rings (SSSR count). The summed E-state index contributed by atoms with van der Waals surface area (Å²) in [6, 6.07) is 11.9. The number of hydrogen-bond donors (Lipinski definition) is 1. The van der Waals surface area contributed by atoms with Crippen molar-refractivity contribution in [2.24, 2.45) is 0 Å². The standard InChI is InChI=1S/C20H19N5O4/c26-20(22-16-2-1-3-17(13-16)23-8-10-29-11-9-23)15-4-5-18(19(12-15)25(27)28)24-7-6-21-14-24/h1-7,12-14H,8-11H2,(H,22,26). The van der Waals surface area contributed by atoms with Crippen molar-refractivity contribution in [3.05, 3.63) is 76.9 Å². The van der Waals surface area contributed by atoms with E-state index in [0.29, 0.717) is 24.6 Å². The lowest BCUT2D eigenvalue weighted by Gasteiger charge is -2.29. The Hall–Kier alpha value is -3.72. The van der Waals surface area contributed by atoms with Crippen LogP contribution in [0.25, 0.3) is 5.69 Å². The van der Waals surface area contributed by atoms with Crippen molar-refractivity contribution in [3.8, 4) is 5.69 Å². The molecule has 0 radical (unpaired) electrons. The summed E-state index contributed by atoms with van der Waals surface area (Å²) in [7, 11) is 0. The number of rotatable bonds is 5. The number of morpholine rings is 1. The molecule has 148 valence electrons. The van der Waals surface area contributed by atoms with Crippen LogP contribution < -0.4 is 10.2 Å². The highest BCUT2D eigenvalue weighted by Gasteiger charge is 2.19. The molecule has 0 aliphatic carbocycles. The van der Waals surface area contributed by atoms with E-state index >= 15 is 0 Å². The molecule has 0 bridgehead atoms. The smallest absolute Gasteiger partial charge is 0.294 e. The average Bonchev–Trinajstić information content (AvgIpc) is 3.29. The lowest BCUT2D eigenvalue weighted by atomic mass is 10.1. The molecule has 1 aromatic heterocycles. The van der Waals surface area contributed by atoms with Gasteiger partial charge in [0.05, 0.1) is 24.5 Å². The van der Waals surface area contributed by atoms with Crippen molar-refractivity contribution in [1.29, 1.82) is 0 Å². The first-order valence-corrected chi connectivity index (χ1v) is 9.13. The molecular weight excluding hydrogens is 374 g/mol. The van der Waals surface area contributed by atoms with Gasteiger partial charge in [-0.15, -0.1) is 0 Å². The van der Waals surface area contributed by atoms with Crippen molar-refractivity contribution >= 4 is 23.0 Å². The zero-order valence-electron chi connectivity index (χ0n) is 15.5. The summed E-state index contributed by atoms with van der Waals surface area (Å²) in [5.41, 5.74) is 2.00. The molecule has 29 heavy (non-hydrogen) atoms. The quantitative estimate of drug-likeness (QED) is 0.528. The molecule has 1 fully saturated rings. The van der Waals surface area contributed by atoms with Gasteiger partial charge in [-0.2, -0.15) is 0 Å². The Labute approximate surface area is 166 Å². The number of imidazole rings is 1. The predicted molar refractivity (Wildman–Crippen MR) is 108 cm³/mol. The predicted octanol–water partition coefficient (Wildman–Crippen LogP) is 2.87. The van der Waals surface area contributed by atoms with Crippen LogP contribution in [-0.2, 0) is 4.74 Å². The van der Waals surface area contributed by atoms with E-state index in [1.807, 2.05) is 18.2 Å². The third kappa shape index (κ3) is 4.09. The van der Waals surface area contributed by atoms with Crippen LogP contribution in [0.15, 0.2) is 61.2 Å². The molecule has 0 saturated carbocycles. The number of carbonyl (C=O) groups excluding carboxylic acids is 1. The molecule has 1 aliphatic heterocycles. The molecule has 1 N–H and O–H groups in total. The van der Waals surface area contributed by atoms with Gasteiger partial charge in [0, 0.05) is 48.5 Å². The van der Waals surface area contributed by atoms with Crippen LogP contribution in [0.3, 0.4) is 0 Å². The third-order valence-corrected chi connectivity index (χ3v) is 4.70. The molecular formula is C20H19N5O4. The van der Waals surface area contributed by atoms with Gasteiger partial charge in [-0.25, -0.2) is 4.98 Å². The summed E-state index contributed by atoms with van der Waals surface area (Å²) in [6.07, 6.45) is 4.62. The van der Waals surface area contributed by atoms with Crippen LogP contribution in [-0.4, -0.2) is 46.7 Å². The number of ether oxygens (including phenoxy) is 1. The van der Waals surface area contributed by atoms with Gasteiger partial charge in [-0.3, -0.25) is 14.9 Å². The van der Waals surface area contributed by atoms with Crippen molar-refractivity contribution in [1.82, 2.24) is 9.55 Å². The van der Waals surface area contributed by atoms with E-state index in [0.717, 1.165) is 18.8 Å². The van der Waals surface area contributed by atoms with E-state index in [9.17, 15) is 14.9 Å². The molecule has 2 aromatic carbocycles. The summed E-state index contributed by atoms with van der Waals surface area (Å²) in [4.78, 5) is 29.8. The van der Waals surface area contributed by atoms with Crippen molar-refractivity contribution in [2.45, 2.75) is 0 Å². The fraction of sp³-hybridized carbons (Fsp3) is 0.200. The summed E-state index contributed by atoms with van der Waals surface area (Å²) in [6.45, 7) is 2.92. The van der Waals surface area contributed by atoms with Gasteiger partial charge in [0.1, 0.15) is 5.69 Å². The number of nitrogens with one attached hydrogen (secondary N) is 1. The summed E-state index contributed by atoms with van der Waals surface area (Å²) in [5, 5.41) is 14.3. The van der Waals surface area contributed by atoms with Crippen LogP contribution in [0.4, 0.5) is 17.1 Å². The number of amides is 1. The van der Waals surface area contributed by atoms with E-state index in [1.54, 1.807) is 24.4 Å². The number of benzene rings is 2. The topological polar surface area (TPSA) is 103 Å². The van der Waals surface area contributed by atoms with Crippen LogP contribution in [0.2, 0.25) is 0 Å². The van der Waals surface area contributed by atoms with Crippen molar-refractivity contribution in [3.63, 3.8) is 0 Å². The van der Waals surface area contributed by atoms with Gasteiger partial charge in [0.2, 0.25) is 0 Å². The zero-order chi connectivity index (χ0) is 20.2. The monoisotopic (exact) mass is 393 g/mol. The van der Waals surface area contributed by atoms with Gasteiger partial charge in [-0.1, -0.05) is 6.07 Å². The van der Waals surface area contributed by atoms with E-state index in [-0.39, 0.29) is 11.3 Å². The Balaban J connectivity index is 1.56. The maximum atomic E-state index is 12.7. The van der Waals surface area contributed by atoms with Crippen LogP contribution in [0.5, 0.6) is 0 Å². The Morgan fingerprint density at radius 1 is 1.17 bits per heavy atom. The Kier molecular flexibility index (Phi) is 5.21. The SMILES string of the molecule is O=C(Nc1cccc(N2CCOCC2)c1)c1ccc(-n2ccnc2)c([N+](=O)[O-])c1. The van der Waals surface area contributed by atoms with Crippen LogP contribution in [0.1, 0.15) is 10.4 Å². The first kappa shape index (κ1) is 18.6. The lowest BCUT2D eigenvalue weighted by molar-refractivity contribution is -0.384. The maximum Gasteiger partial charge on any atom is 0.294 e. The second-order valence-corrected chi connectivity index (χ2v) is 6.53. The van der Waals surface area contributed by atoms with E-state index in [1.165, 1.54) is 23.2 Å². The minimum Gasteiger partial charge on any atom is -0.378 e. The summed E-state index contributed by atoms with van der Waals surface area (Å²) >= 11 is 0. The van der Waals surface area contributed by atoms with Gasteiger partial charge in [0.15, 0.2) is 0 Å². The number of nitro groups is 1. The minimum atomic E-state index is -0.509. The Morgan fingerprint density at radius 3 is 2.72 bits per heavy atom. The average molecular weight is 393 g/mol. The molecule has 0 atom stereocenters. The number of hydrogen-bond acceptors (Lipinski definition) is 6. The molecule has 3 aromatic rings. The Morgan fingerprint density at radius 2 is 2.00 bits per heavy atom. The van der Waals surface area contributed by atoms with Gasteiger partial charge in [-0.05, 0) is 30.3 Å². The van der Waals surface area contributed by atoms with Crippen LogP contribution in [0, 0.1) is 10.1 Å². The first-order valence-electron chi connectivity index (χ1n) is 9.13. The molecule has 0 spiro atoms. The molecule has 2 heterocycles. The molecule has 9 heteroatoms. The Bertz CT molecular complexity index is 1030. The third-order valence-electron chi connectivity index (χ3n) is 4.70. The van der Waals surface area contributed by atoms with Gasteiger partial charge >= 0.3 is 0 Å². The second kappa shape index (κ2) is 8.11. The minimum absolute atomic E-state index is 0.169. The zero-order valence-corrected chi connectivity index (χ0v) is 15.5. The highest BCUT2D eigenvalue weighted by molar-refractivity contribution is 6.05. The fourth-order valence-electron chi connectivity index (χ4n) is 3.24. The number of carbonyl (C=O) groups is 1. The van der Waals surface area contributed by atoms with Crippen molar-refractivity contribution < 1.29 is 14.5 Å². The van der Waals surface area contributed by atoms with Crippen LogP contribution >= 0.6 is 0 Å². The second-order valence-electron chi connectivity index (χ2n) is 6.53. The number of nitrogens with zero attached hydrogens (tertiary/aromatic N) is 4. The van der Waals surface area contributed by atoms with E-state index < -0.39 is 10.8 Å². The van der Waals surface area contributed by atoms with Gasteiger partial charge in [0.25, 0.3) is 11.6 Å². The lowest BCUT2D eigenvalue weighted by Crippen LogP contribution is -2.36.